The molecule has 2 amide bonds. The summed E-state index contributed by atoms with van der Waals surface area (Å²) in [6.07, 6.45) is 0.803. The molecule has 0 aliphatic carbocycles. The highest BCUT2D eigenvalue weighted by Crippen LogP contribution is 2.18. The fourth-order valence-corrected chi connectivity index (χ4v) is 2.07. The Kier molecular flexibility index (Phi) is 6.59. The molecular formula is C19H23N3O5. The van der Waals surface area contributed by atoms with Crippen molar-refractivity contribution in [3.63, 3.8) is 0 Å². The third-order valence-corrected chi connectivity index (χ3v) is 3.18. The van der Waals surface area contributed by atoms with Crippen LogP contribution in [-0.2, 0) is 4.74 Å². The van der Waals surface area contributed by atoms with Gasteiger partial charge in [-0.3, -0.25) is 14.9 Å². The molecular weight excluding hydrogens is 350 g/mol. The second-order valence-electron chi connectivity index (χ2n) is 6.70. The summed E-state index contributed by atoms with van der Waals surface area (Å²) < 4.78 is 10.8. The van der Waals surface area contributed by atoms with Crippen LogP contribution in [-0.4, -0.2) is 35.7 Å². The maximum atomic E-state index is 11.9. The number of amides is 2. The highest BCUT2D eigenvalue weighted by Gasteiger charge is 2.16. The molecule has 0 saturated carbocycles. The maximum Gasteiger partial charge on any atom is 0.412 e. The van der Waals surface area contributed by atoms with Crippen LogP contribution in [0.3, 0.4) is 0 Å². The minimum Gasteiger partial charge on any atom is -0.492 e. The van der Waals surface area contributed by atoms with Crippen molar-refractivity contribution in [2.75, 3.05) is 18.5 Å². The number of H-pyrrole nitrogens is 1. The van der Waals surface area contributed by atoms with Crippen LogP contribution in [0.2, 0.25) is 0 Å². The number of carbonyl (C=O) groups is 2. The summed E-state index contributed by atoms with van der Waals surface area (Å²) in [4.78, 5) is 37.1. The van der Waals surface area contributed by atoms with Crippen molar-refractivity contribution < 1.29 is 19.1 Å². The molecule has 0 unspecified atom stereocenters. The van der Waals surface area contributed by atoms with Gasteiger partial charge in [0.25, 0.3) is 5.91 Å². The van der Waals surface area contributed by atoms with Crippen molar-refractivity contribution in [1.82, 2.24) is 10.3 Å². The molecule has 0 bridgehead atoms. The Balaban J connectivity index is 1.79. The van der Waals surface area contributed by atoms with Gasteiger partial charge in [-0.15, -0.1) is 0 Å². The molecule has 0 fully saturated rings. The Labute approximate surface area is 156 Å². The van der Waals surface area contributed by atoms with Crippen LogP contribution in [0.15, 0.2) is 47.4 Å². The molecule has 1 heterocycles. The number of pyridine rings is 1. The third kappa shape index (κ3) is 7.23. The molecule has 0 aliphatic heterocycles. The Morgan fingerprint density at radius 3 is 2.59 bits per heavy atom. The quantitative estimate of drug-likeness (QED) is 0.674. The van der Waals surface area contributed by atoms with E-state index in [1.807, 2.05) is 0 Å². The summed E-state index contributed by atoms with van der Waals surface area (Å²) in [6.45, 7) is 5.88. The molecule has 0 spiro atoms. The number of ether oxygens (including phenoxy) is 2. The monoisotopic (exact) mass is 373 g/mol. The van der Waals surface area contributed by atoms with Crippen molar-refractivity contribution in [3.8, 4) is 5.75 Å². The van der Waals surface area contributed by atoms with Crippen molar-refractivity contribution in [3.05, 3.63) is 58.5 Å². The first kappa shape index (κ1) is 20.0. The molecule has 1 aromatic heterocycles. The molecule has 8 heteroatoms. The standard InChI is InChI=1S/C19H23N3O5/c1-19(2,3)27-18(25)22-14-5-4-6-15(11-14)26-10-9-20-17(24)13-7-8-16(23)21-12-13/h4-8,11-12H,9-10H2,1-3H3,(H,20,24)(H,21,23)(H,22,25). The fraction of sp³-hybridized carbons (Fsp3) is 0.316. The van der Waals surface area contributed by atoms with Crippen LogP contribution < -0.4 is 20.9 Å². The van der Waals surface area contributed by atoms with Crippen molar-refractivity contribution in [1.29, 1.82) is 0 Å². The van der Waals surface area contributed by atoms with Crippen LogP contribution in [0.1, 0.15) is 31.1 Å². The van der Waals surface area contributed by atoms with Crippen molar-refractivity contribution in [2.24, 2.45) is 0 Å². The average Bonchev–Trinajstić information content (AvgIpc) is 2.58. The second kappa shape index (κ2) is 8.88. The first-order chi connectivity index (χ1) is 12.7. The topological polar surface area (TPSA) is 110 Å². The predicted molar refractivity (Wildman–Crippen MR) is 101 cm³/mol. The van der Waals surface area contributed by atoms with Gasteiger partial charge in [-0.2, -0.15) is 0 Å². The van der Waals surface area contributed by atoms with Gasteiger partial charge in [0.2, 0.25) is 5.56 Å². The van der Waals surface area contributed by atoms with Gasteiger partial charge in [-0.1, -0.05) is 6.07 Å². The molecule has 8 nitrogen and oxygen atoms in total. The van der Waals surface area contributed by atoms with E-state index in [9.17, 15) is 14.4 Å². The number of hydrogen-bond donors (Lipinski definition) is 3. The summed E-state index contributed by atoms with van der Waals surface area (Å²) in [6, 6.07) is 9.59. The summed E-state index contributed by atoms with van der Waals surface area (Å²) in [5, 5.41) is 5.32. The highest BCUT2D eigenvalue weighted by molar-refractivity contribution is 5.93. The molecule has 0 saturated heterocycles. The van der Waals surface area contributed by atoms with Gasteiger partial charge < -0.3 is 19.8 Å². The van der Waals surface area contributed by atoms with Gasteiger partial charge in [0.1, 0.15) is 18.0 Å². The lowest BCUT2D eigenvalue weighted by molar-refractivity contribution is 0.0635. The molecule has 2 aromatic rings. The molecule has 2 rings (SSSR count). The lowest BCUT2D eigenvalue weighted by Gasteiger charge is -2.19. The predicted octanol–water partition coefficient (Wildman–Crippen LogP) is 2.53. The van der Waals surface area contributed by atoms with Crippen LogP contribution >= 0.6 is 0 Å². The summed E-state index contributed by atoms with van der Waals surface area (Å²) in [7, 11) is 0. The van der Waals surface area contributed by atoms with E-state index in [1.54, 1.807) is 45.0 Å². The first-order valence-electron chi connectivity index (χ1n) is 8.43. The van der Waals surface area contributed by atoms with Crippen molar-refractivity contribution in [2.45, 2.75) is 26.4 Å². The Hall–Kier alpha value is -3.29. The largest absolute Gasteiger partial charge is 0.492 e. The molecule has 3 N–H and O–H groups in total. The van der Waals surface area contributed by atoms with E-state index in [4.69, 9.17) is 9.47 Å². The van der Waals surface area contributed by atoms with Gasteiger partial charge in [-0.25, -0.2) is 4.79 Å². The zero-order valence-electron chi connectivity index (χ0n) is 15.5. The molecule has 144 valence electrons. The summed E-state index contributed by atoms with van der Waals surface area (Å²) in [5.41, 5.74) is 0.0502. The Morgan fingerprint density at radius 1 is 1.15 bits per heavy atom. The molecule has 27 heavy (non-hydrogen) atoms. The minimum absolute atomic E-state index is 0.241. The number of rotatable bonds is 6. The van der Waals surface area contributed by atoms with Gasteiger partial charge >= 0.3 is 6.09 Å². The normalized spacial score (nSPS) is 10.8. The van der Waals surface area contributed by atoms with E-state index in [2.05, 4.69) is 15.6 Å². The number of hydrogen-bond acceptors (Lipinski definition) is 5. The van der Waals surface area contributed by atoms with Gasteiger partial charge in [0.05, 0.1) is 12.1 Å². The Bertz CT molecular complexity index is 834. The number of carbonyl (C=O) groups excluding carboxylic acids is 2. The number of aromatic nitrogens is 1. The van der Waals surface area contributed by atoms with Crippen LogP contribution in [0, 0.1) is 0 Å². The van der Waals surface area contributed by atoms with Crippen LogP contribution in [0.4, 0.5) is 10.5 Å². The SMILES string of the molecule is CC(C)(C)OC(=O)Nc1cccc(OCCNC(=O)c2ccc(=O)[nH]c2)c1. The van der Waals surface area contributed by atoms with E-state index in [0.29, 0.717) is 17.0 Å². The second-order valence-corrected chi connectivity index (χ2v) is 6.70. The number of aromatic amines is 1. The molecule has 0 atom stereocenters. The number of anilines is 1. The average molecular weight is 373 g/mol. The maximum absolute atomic E-state index is 11.9. The smallest absolute Gasteiger partial charge is 0.412 e. The highest BCUT2D eigenvalue weighted by atomic mass is 16.6. The van der Waals surface area contributed by atoms with Crippen LogP contribution in [0.5, 0.6) is 5.75 Å². The number of nitrogens with one attached hydrogen (secondary N) is 3. The van der Waals surface area contributed by atoms with E-state index in [0.717, 1.165) is 0 Å². The zero-order valence-corrected chi connectivity index (χ0v) is 15.5. The fourth-order valence-electron chi connectivity index (χ4n) is 2.07. The minimum atomic E-state index is -0.581. The Morgan fingerprint density at radius 2 is 1.93 bits per heavy atom. The molecule has 1 aromatic carbocycles. The van der Waals surface area contributed by atoms with Gasteiger partial charge in [-0.05, 0) is 39.0 Å². The summed E-state index contributed by atoms with van der Waals surface area (Å²) >= 11 is 0. The molecule has 0 radical (unpaired) electrons. The summed E-state index contributed by atoms with van der Waals surface area (Å²) in [5.74, 6) is 0.233. The third-order valence-electron chi connectivity index (χ3n) is 3.18. The van der Waals surface area contributed by atoms with E-state index in [-0.39, 0.29) is 24.6 Å². The lowest BCUT2D eigenvalue weighted by Crippen LogP contribution is -2.28. The van der Waals surface area contributed by atoms with Gasteiger partial charge in [0, 0.05) is 24.0 Å². The first-order valence-corrected chi connectivity index (χ1v) is 8.43. The van der Waals surface area contributed by atoms with Crippen LogP contribution in [0.25, 0.3) is 0 Å². The van der Waals surface area contributed by atoms with E-state index >= 15 is 0 Å². The van der Waals surface area contributed by atoms with Gasteiger partial charge in [0.15, 0.2) is 0 Å². The zero-order chi connectivity index (χ0) is 19.9. The van der Waals surface area contributed by atoms with Crippen molar-refractivity contribution >= 4 is 17.7 Å². The lowest BCUT2D eigenvalue weighted by atomic mass is 10.2. The molecule has 0 aliphatic rings. The van der Waals surface area contributed by atoms with E-state index in [1.165, 1.54) is 18.3 Å². The number of benzene rings is 1. The van der Waals surface area contributed by atoms with E-state index < -0.39 is 11.7 Å².